The molecule has 0 aliphatic heterocycles. The van der Waals surface area contributed by atoms with E-state index in [4.69, 9.17) is 9.47 Å². The highest BCUT2D eigenvalue weighted by Crippen LogP contribution is 2.67. The van der Waals surface area contributed by atoms with Crippen LogP contribution < -0.4 is 0 Å². The zero-order valence-electron chi connectivity index (χ0n) is 29.0. The third-order valence-corrected chi connectivity index (χ3v) is 10.6. The molecule has 0 radical (unpaired) electrons. The van der Waals surface area contributed by atoms with Gasteiger partial charge in [-0.05, 0) is 74.2 Å². The van der Waals surface area contributed by atoms with E-state index in [9.17, 15) is 40.7 Å². The summed E-state index contributed by atoms with van der Waals surface area (Å²) in [5.41, 5.74) is -0.225. The number of ether oxygens (including phenoxy) is 2. The predicted octanol–water partition coefficient (Wildman–Crippen LogP) is 9.92. The second-order valence-electron chi connectivity index (χ2n) is 14.2. The Kier molecular flexibility index (Phi) is 13.2. The van der Waals surface area contributed by atoms with Crippen molar-refractivity contribution in [3.63, 3.8) is 0 Å². The van der Waals surface area contributed by atoms with Crippen LogP contribution in [0.25, 0.3) is 0 Å². The van der Waals surface area contributed by atoms with Crippen molar-refractivity contribution < 1.29 is 50.2 Å². The number of carbonyl (C=O) groups is 3. The van der Waals surface area contributed by atoms with Gasteiger partial charge in [-0.1, -0.05) is 88.7 Å². The third-order valence-electron chi connectivity index (χ3n) is 10.6. The Morgan fingerprint density at radius 2 is 1.51 bits per heavy atom. The van der Waals surface area contributed by atoms with E-state index in [1.165, 1.54) is 7.11 Å². The first-order valence-electron chi connectivity index (χ1n) is 16.9. The second-order valence-corrected chi connectivity index (χ2v) is 14.2. The first-order valence-corrected chi connectivity index (χ1v) is 16.9. The van der Waals surface area contributed by atoms with E-state index >= 15 is 0 Å². The van der Waals surface area contributed by atoms with Crippen molar-refractivity contribution >= 4 is 17.7 Å². The fraction of sp³-hybridized carbons (Fsp3) is 0.605. The minimum atomic E-state index is -5.83. The van der Waals surface area contributed by atoms with Gasteiger partial charge >= 0.3 is 24.0 Å². The van der Waals surface area contributed by atoms with Gasteiger partial charge in [-0.2, -0.15) is 22.0 Å². The monoisotopic (exact) mass is 698 g/mol. The SMILES string of the molecule is CCCC(CCC(C)(C(=O)OCC(F)(F)C(F)C(F)(F)F)C1(C)CC1CCC(C(=O)OC)C(C)C)c1ccc(C(=O)c2ccccc2)cc1. The van der Waals surface area contributed by atoms with Gasteiger partial charge in [0, 0.05) is 11.1 Å². The maximum absolute atomic E-state index is 14.2. The van der Waals surface area contributed by atoms with Crippen molar-refractivity contribution in [2.75, 3.05) is 13.7 Å². The summed E-state index contributed by atoms with van der Waals surface area (Å²) in [4.78, 5) is 39.0. The van der Waals surface area contributed by atoms with E-state index in [1.807, 2.05) is 45.9 Å². The molecule has 1 fully saturated rings. The zero-order chi connectivity index (χ0) is 36.8. The standard InChI is InChI=1S/C38H48F6O5/c1-7-11-25(26-14-16-28(17-15-26)31(45)27-12-9-8-10-13-27)20-21-35(4,34(47)49-23-37(40,41)33(39)38(42,43)44)36(5)22-29(36)18-19-30(24(2)3)32(46)48-6/h8-10,12-17,24-25,29-30,33H,7,11,18-23H2,1-6H3. The predicted molar refractivity (Wildman–Crippen MR) is 174 cm³/mol. The normalized spacial score (nSPS) is 21.0. The smallest absolute Gasteiger partial charge is 0.425 e. The molecule has 1 saturated carbocycles. The van der Waals surface area contributed by atoms with E-state index in [1.54, 1.807) is 43.3 Å². The highest BCUT2D eigenvalue weighted by atomic mass is 19.4. The Balaban J connectivity index is 1.85. The molecule has 0 aromatic heterocycles. The van der Waals surface area contributed by atoms with Crippen LogP contribution in [0.15, 0.2) is 54.6 Å². The molecule has 0 amide bonds. The minimum absolute atomic E-state index is 0.0116. The number of esters is 2. The molecule has 2 aromatic carbocycles. The molecule has 1 aliphatic rings. The summed E-state index contributed by atoms with van der Waals surface area (Å²) in [7, 11) is 1.31. The zero-order valence-corrected chi connectivity index (χ0v) is 29.0. The molecular formula is C38H48F6O5. The summed E-state index contributed by atoms with van der Waals surface area (Å²) in [6, 6.07) is 16.0. The van der Waals surface area contributed by atoms with Crippen molar-refractivity contribution in [3.05, 3.63) is 71.3 Å². The molecule has 2 aromatic rings. The highest BCUT2D eigenvalue weighted by molar-refractivity contribution is 6.08. The fourth-order valence-corrected chi connectivity index (χ4v) is 7.01. The van der Waals surface area contributed by atoms with Crippen molar-refractivity contribution in [2.45, 2.75) is 104 Å². The molecule has 1 aliphatic carbocycles. The number of benzene rings is 2. The lowest BCUT2D eigenvalue weighted by Gasteiger charge is -2.37. The minimum Gasteiger partial charge on any atom is -0.469 e. The quantitative estimate of drug-likeness (QED) is 0.0881. The summed E-state index contributed by atoms with van der Waals surface area (Å²) < 4.78 is 90.3. The molecule has 272 valence electrons. The summed E-state index contributed by atoms with van der Waals surface area (Å²) in [5, 5.41) is 0. The lowest BCUT2D eigenvalue weighted by Crippen LogP contribution is -2.47. The number of rotatable bonds is 18. The van der Waals surface area contributed by atoms with E-state index in [0.717, 1.165) is 12.0 Å². The molecule has 0 heterocycles. The molecule has 0 spiro atoms. The molecule has 49 heavy (non-hydrogen) atoms. The summed E-state index contributed by atoms with van der Waals surface area (Å²) in [6.45, 7) is 7.14. The lowest BCUT2D eigenvalue weighted by atomic mass is 9.68. The number of alkyl halides is 6. The van der Waals surface area contributed by atoms with Crippen molar-refractivity contribution in [1.29, 1.82) is 0 Å². The Bertz CT molecular complexity index is 1410. The van der Waals surface area contributed by atoms with Crippen LogP contribution in [0.3, 0.4) is 0 Å². The number of hydrogen-bond acceptors (Lipinski definition) is 5. The largest absolute Gasteiger partial charge is 0.469 e. The third kappa shape index (κ3) is 9.45. The average Bonchev–Trinajstić information content (AvgIpc) is 3.75. The molecule has 6 unspecified atom stereocenters. The summed E-state index contributed by atoms with van der Waals surface area (Å²) in [6.07, 6.45) is -6.75. The maximum Gasteiger partial charge on any atom is 0.425 e. The molecule has 3 rings (SSSR count). The topological polar surface area (TPSA) is 69.7 Å². The van der Waals surface area contributed by atoms with E-state index in [-0.39, 0.29) is 41.8 Å². The van der Waals surface area contributed by atoms with Crippen molar-refractivity contribution in [2.24, 2.45) is 28.6 Å². The van der Waals surface area contributed by atoms with E-state index in [2.05, 4.69) is 0 Å². The van der Waals surface area contributed by atoms with Crippen molar-refractivity contribution in [3.8, 4) is 0 Å². The van der Waals surface area contributed by atoms with Crippen LogP contribution in [0, 0.1) is 28.6 Å². The number of ketones is 1. The second kappa shape index (κ2) is 16.1. The fourth-order valence-electron chi connectivity index (χ4n) is 7.01. The first-order chi connectivity index (χ1) is 22.8. The van der Waals surface area contributed by atoms with Gasteiger partial charge in [0.25, 0.3) is 6.17 Å². The van der Waals surface area contributed by atoms with E-state index < -0.39 is 41.7 Å². The van der Waals surface area contributed by atoms with Gasteiger partial charge in [-0.15, -0.1) is 0 Å². The number of halogens is 6. The van der Waals surface area contributed by atoms with Gasteiger partial charge in [0.1, 0.15) is 0 Å². The van der Waals surface area contributed by atoms with Crippen LogP contribution in [0.4, 0.5) is 26.3 Å². The van der Waals surface area contributed by atoms with Gasteiger partial charge in [0.05, 0.1) is 18.4 Å². The van der Waals surface area contributed by atoms with Gasteiger partial charge in [-0.25, -0.2) is 4.39 Å². The molecule has 5 nitrogen and oxygen atoms in total. The lowest BCUT2D eigenvalue weighted by molar-refractivity contribution is -0.255. The highest BCUT2D eigenvalue weighted by Gasteiger charge is 2.65. The van der Waals surface area contributed by atoms with Gasteiger partial charge in [-0.3, -0.25) is 14.4 Å². The molecule has 0 N–H and O–H groups in total. The van der Waals surface area contributed by atoms with Gasteiger partial charge < -0.3 is 9.47 Å². The van der Waals surface area contributed by atoms with Crippen LogP contribution in [0.2, 0.25) is 0 Å². The summed E-state index contributed by atoms with van der Waals surface area (Å²) in [5.74, 6) is -7.16. The van der Waals surface area contributed by atoms with Crippen molar-refractivity contribution in [1.82, 2.24) is 0 Å². The van der Waals surface area contributed by atoms with Crippen LogP contribution >= 0.6 is 0 Å². The maximum atomic E-state index is 14.2. The Labute approximate surface area is 285 Å². The number of hydrogen-bond donors (Lipinski definition) is 0. The van der Waals surface area contributed by atoms with Crippen LogP contribution in [-0.2, 0) is 19.1 Å². The van der Waals surface area contributed by atoms with Crippen LogP contribution in [0.5, 0.6) is 0 Å². The van der Waals surface area contributed by atoms with Crippen LogP contribution in [0.1, 0.15) is 107 Å². The molecule has 6 atom stereocenters. The molecular weight excluding hydrogens is 650 g/mol. The number of carbonyl (C=O) groups excluding carboxylic acids is 3. The van der Waals surface area contributed by atoms with Gasteiger partial charge in [0.2, 0.25) is 0 Å². The Morgan fingerprint density at radius 1 is 0.918 bits per heavy atom. The molecule has 11 heteroatoms. The first kappa shape index (κ1) is 40.1. The van der Waals surface area contributed by atoms with E-state index in [0.29, 0.717) is 43.2 Å². The molecule has 0 saturated heterocycles. The van der Waals surface area contributed by atoms with Crippen LogP contribution in [-0.4, -0.2) is 49.7 Å². The molecule has 0 bridgehead atoms. The number of methoxy groups -OCH3 is 1. The average molecular weight is 699 g/mol. The Morgan fingerprint density at radius 3 is 2.04 bits per heavy atom. The summed E-state index contributed by atoms with van der Waals surface area (Å²) >= 11 is 0. The Hall–Kier alpha value is -3.37. The van der Waals surface area contributed by atoms with Gasteiger partial charge in [0.15, 0.2) is 12.4 Å².